The summed E-state index contributed by atoms with van der Waals surface area (Å²) in [5, 5.41) is 0. The first kappa shape index (κ1) is 18.3. The molecule has 0 aliphatic carbocycles. The minimum Gasteiger partial charge on any atom is -0.465 e. The average molecular weight is 341 g/mol. The van der Waals surface area contributed by atoms with Crippen LogP contribution in [0.15, 0.2) is 48.5 Å². The van der Waals surface area contributed by atoms with E-state index in [1.807, 2.05) is 55.5 Å². The molecule has 0 spiro atoms. The molecule has 0 fully saturated rings. The highest BCUT2D eigenvalue weighted by atomic mass is 35.5. The highest BCUT2D eigenvalue weighted by Crippen LogP contribution is 2.44. The maximum absolute atomic E-state index is 12.4. The quantitative estimate of drug-likeness (QED) is 0.758. The van der Waals surface area contributed by atoms with E-state index in [0.717, 1.165) is 29.0 Å². The lowest BCUT2D eigenvalue weighted by atomic mass is 9.88. The monoisotopic (exact) mass is 340 g/mol. The van der Waals surface area contributed by atoms with Crippen LogP contribution in [0.4, 0.5) is 0 Å². The van der Waals surface area contributed by atoms with Gasteiger partial charge in [0, 0.05) is 11.1 Å². The molecule has 0 saturated carbocycles. The second-order valence-corrected chi connectivity index (χ2v) is 4.78. The second-order valence-electron chi connectivity index (χ2n) is 4.78. The fraction of sp³-hybridized carbons (Fsp3) is 0.235. The van der Waals surface area contributed by atoms with Crippen molar-refractivity contribution in [2.24, 2.45) is 0 Å². The van der Waals surface area contributed by atoms with Crippen molar-refractivity contribution >= 4 is 30.8 Å². The molecule has 2 aromatic carbocycles. The van der Waals surface area contributed by atoms with E-state index in [1.165, 1.54) is 0 Å². The molecular weight excluding hydrogens is 323 g/mol. The fourth-order valence-electron chi connectivity index (χ4n) is 2.45. The smallest absolute Gasteiger partial charge is 0.318 e. The van der Waals surface area contributed by atoms with E-state index in [-0.39, 0.29) is 30.8 Å². The molecule has 1 aliphatic rings. The Morgan fingerprint density at radius 3 is 2.00 bits per heavy atom. The van der Waals surface area contributed by atoms with Crippen molar-refractivity contribution in [1.29, 1.82) is 0 Å². The second kappa shape index (κ2) is 8.06. The SMILES string of the molecule is CCCOC(=O)C1c2ccccc2Oc2ccccc21.Cl.Cl. The molecule has 118 valence electrons. The number of carbonyl (C=O) groups excluding carboxylic acids is 1. The van der Waals surface area contributed by atoms with Crippen LogP contribution in [-0.4, -0.2) is 12.6 Å². The van der Waals surface area contributed by atoms with Gasteiger partial charge in [0.2, 0.25) is 0 Å². The van der Waals surface area contributed by atoms with Gasteiger partial charge in [-0.05, 0) is 18.6 Å². The summed E-state index contributed by atoms with van der Waals surface area (Å²) in [6.07, 6.45) is 0.818. The number of esters is 1. The Morgan fingerprint density at radius 1 is 1.00 bits per heavy atom. The van der Waals surface area contributed by atoms with Gasteiger partial charge in [0.25, 0.3) is 0 Å². The highest BCUT2D eigenvalue weighted by molar-refractivity contribution is 5.86. The Hall–Kier alpha value is -1.71. The molecule has 3 rings (SSSR count). The lowest BCUT2D eigenvalue weighted by molar-refractivity contribution is -0.144. The van der Waals surface area contributed by atoms with Crippen molar-refractivity contribution in [1.82, 2.24) is 0 Å². The molecule has 1 aliphatic heterocycles. The van der Waals surface area contributed by atoms with Gasteiger partial charge in [-0.2, -0.15) is 0 Å². The predicted octanol–water partition coefficient (Wildman–Crippen LogP) is 4.72. The molecule has 0 aromatic heterocycles. The Morgan fingerprint density at radius 2 is 1.50 bits per heavy atom. The van der Waals surface area contributed by atoms with E-state index >= 15 is 0 Å². The number of benzene rings is 2. The maximum Gasteiger partial charge on any atom is 0.318 e. The minimum atomic E-state index is -0.400. The van der Waals surface area contributed by atoms with Crippen LogP contribution in [0.5, 0.6) is 11.5 Å². The summed E-state index contributed by atoms with van der Waals surface area (Å²) in [5.74, 6) is 0.840. The first-order chi connectivity index (χ1) is 9.81. The minimum absolute atomic E-state index is 0. The Balaban J connectivity index is 0.00000121. The number of ether oxygens (including phenoxy) is 2. The maximum atomic E-state index is 12.4. The number of hydrogen-bond donors (Lipinski definition) is 0. The third-order valence-electron chi connectivity index (χ3n) is 3.36. The van der Waals surface area contributed by atoms with Gasteiger partial charge < -0.3 is 9.47 Å². The molecule has 0 radical (unpaired) electrons. The Bertz CT molecular complexity index is 598. The topological polar surface area (TPSA) is 35.5 Å². The summed E-state index contributed by atoms with van der Waals surface area (Å²) >= 11 is 0. The van der Waals surface area contributed by atoms with Gasteiger partial charge >= 0.3 is 5.97 Å². The van der Waals surface area contributed by atoms with Crippen LogP contribution in [-0.2, 0) is 9.53 Å². The fourth-order valence-corrected chi connectivity index (χ4v) is 2.45. The van der Waals surface area contributed by atoms with Crippen LogP contribution >= 0.6 is 24.8 Å². The van der Waals surface area contributed by atoms with Crippen LogP contribution in [0.1, 0.15) is 30.4 Å². The number of fused-ring (bicyclic) bond motifs is 2. The summed E-state index contributed by atoms with van der Waals surface area (Å²) in [6, 6.07) is 15.2. The zero-order valence-corrected chi connectivity index (χ0v) is 13.8. The molecule has 1 heterocycles. The van der Waals surface area contributed by atoms with Gasteiger partial charge in [-0.3, -0.25) is 4.79 Å². The van der Waals surface area contributed by atoms with Crippen LogP contribution < -0.4 is 4.74 Å². The number of rotatable bonds is 3. The first-order valence-corrected chi connectivity index (χ1v) is 6.83. The summed E-state index contributed by atoms with van der Waals surface area (Å²) in [6.45, 7) is 2.43. The number of para-hydroxylation sites is 2. The molecule has 0 bridgehead atoms. The molecule has 3 nitrogen and oxygen atoms in total. The summed E-state index contributed by atoms with van der Waals surface area (Å²) in [7, 11) is 0. The van der Waals surface area contributed by atoms with Gasteiger partial charge in [0.1, 0.15) is 17.4 Å². The predicted molar refractivity (Wildman–Crippen MR) is 90.5 cm³/mol. The van der Waals surface area contributed by atoms with E-state index in [2.05, 4.69) is 0 Å². The first-order valence-electron chi connectivity index (χ1n) is 6.83. The Labute approximate surface area is 142 Å². The normalized spacial score (nSPS) is 11.9. The molecular formula is C17H18Cl2O3. The van der Waals surface area contributed by atoms with Gasteiger partial charge in [0.15, 0.2) is 0 Å². The van der Waals surface area contributed by atoms with Gasteiger partial charge in [-0.1, -0.05) is 43.3 Å². The lowest BCUT2D eigenvalue weighted by Crippen LogP contribution is -2.21. The van der Waals surface area contributed by atoms with Crippen molar-refractivity contribution in [3.63, 3.8) is 0 Å². The Kier molecular flexibility index (Phi) is 6.72. The van der Waals surface area contributed by atoms with Crippen molar-refractivity contribution in [3.8, 4) is 11.5 Å². The van der Waals surface area contributed by atoms with Gasteiger partial charge in [-0.25, -0.2) is 0 Å². The lowest BCUT2D eigenvalue weighted by Gasteiger charge is -2.26. The molecule has 0 unspecified atom stereocenters. The number of hydrogen-bond acceptors (Lipinski definition) is 3. The number of carbonyl (C=O) groups is 1. The van der Waals surface area contributed by atoms with Crippen LogP contribution in [0, 0.1) is 0 Å². The summed E-state index contributed by atoms with van der Waals surface area (Å²) in [5.41, 5.74) is 1.74. The van der Waals surface area contributed by atoms with Crippen molar-refractivity contribution in [2.45, 2.75) is 19.3 Å². The third kappa shape index (κ3) is 3.37. The third-order valence-corrected chi connectivity index (χ3v) is 3.36. The molecule has 0 saturated heterocycles. The largest absolute Gasteiger partial charge is 0.465 e. The van der Waals surface area contributed by atoms with E-state index in [1.54, 1.807) is 0 Å². The van der Waals surface area contributed by atoms with Gasteiger partial charge in [-0.15, -0.1) is 24.8 Å². The van der Waals surface area contributed by atoms with E-state index in [9.17, 15) is 4.79 Å². The van der Waals surface area contributed by atoms with Crippen LogP contribution in [0.3, 0.4) is 0 Å². The summed E-state index contributed by atoms with van der Waals surface area (Å²) < 4.78 is 11.2. The standard InChI is InChI=1S/C17H16O3.2ClH/c1-2-11-19-17(18)16-12-7-3-5-9-14(12)20-15-10-6-4-8-13(15)16;;/h3-10,16H,2,11H2,1H3;2*1H. The molecule has 2 aromatic rings. The van der Waals surface area contributed by atoms with E-state index in [0.29, 0.717) is 6.61 Å². The zero-order valence-electron chi connectivity index (χ0n) is 12.2. The molecule has 0 atom stereocenters. The van der Waals surface area contributed by atoms with Crippen molar-refractivity contribution in [2.75, 3.05) is 6.61 Å². The highest BCUT2D eigenvalue weighted by Gasteiger charge is 2.33. The van der Waals surface area contributed by atoms with Gasteiger partial charge in [0.05, 0.1) is 6.61 Å². The molecule has 5 heteroatoms. The number of halogens is 2. The van der Waals surface area contributed by atoms with Crippen molar-refractivity contribution < 1.29 is 14.3 Å². The molecule has 0 N–H and O–H groups in total. The van der Waals surface area contributed by atoms with Crippen molar-refractivity contribution in [3.05, 3.63) is 59.7 Å². The van der Waals surface area contributed by atoms with Crippen LogP contribution in [0.2, 0.25) is 0 Å². The molecule has 22 heavy (non-hydrogen) atoms. The van der Waals surface area contributed by atoms with Crippen LogP contribution in [0.25, 0.3) is 0 Å². The van der Waals surface area contributed by atoms with E-state index < -0.39 is 5.92 Å². The zero-order chi connectivity index (χ0) is 13.9. The average Bonchev–Trinajstić information content (AvgIpc) is 2.50. The van der Waals surface area contributed by atoms with E-state index in [4.69, 9.17) is 9.47 Å². The molecule has 0 amide bonds. The summed E-state index contributed by atoms with van der Waals surface area (Å²) in [4.78, 5) is 12.4.